The third-order valence-corrected chi connectivity index (χ3v) is 3.48. The van der Waals surface area contributed by atoms with Crippen molar-refractivity contribution in [3.8, 4) is 0 Å². The lowest BCUT2D eigenvalue weighted by Gasteiger charge is -2.13. The number of amides is 1. The third-order valence-electron chi connectivity index (χ3n) is 2.46. The molecule has 5 heteroatoms. The average Bonchev–Trinajstić information content (AvgIpc) is 2.35. The molecule has 1 aromatic carbocycles. The van der Waals surface area contributed by atoms with Gasteiger partial charge in [0.15, 0.2) is 0 Å². The van der Waals surface area contributed by atoms with Gasteiger partial charge in [-0.2, -0.15) is 11.8 Å². The quantitative estimate of drug-likeness (QED) is 0.815. The Labute approximate surface area is 118 Å². The van der Waals surface area contributed by atoms with Gasteiger partial charge in [-0.25, -0.2) is 0 Å². The lowest BCUT2D eigenvalue weighted by molar-refractivity contribution is 0.0828. The third kappa shape index (κ3) is 4.42. The molecule has 1 amide bonds. The van der Waals surface area contributed by atoms with Gasteiger partial charge in [-0.3, -0.25) is 4.79 Å². The van der Waals surface area contributed by atoms with Gasteiger partial charge in [-0.1, -0.05) is 11.6 Å². The number of thioether (sulfide) groups is 1. The fourth-order valence-corrected chi connectivity index (χ4v) is 2.12. The first-order valence-corrected chi connectivity index (χ1v) is 7.57. The summed E-state index contributed by atoms with van der Waals surface area (Å²) < 4.78 is 0. The zero-order valence-electron chi connectivity index (χ0n) is 11.0. The Balaban J connectivity index is 2.71. The molecule has 3 nitrogen and oxygen atoms in total. The van der Waals surface area contributed by atoms with E-state index < -0.39 is 0 Å². The number of anilines is 1. The molecular formula is C13H19ClN2OS. The van der Waals surface area contributed by atoms with Crippen molar-refractivity contribution in [2.24, 2.45) is 0 Å². The number of carbonyl (C=O) groups excluding carboxylic acids is 1. The molecule has 0 saturated heterocycles. The lowest BCUT2D eigenvalue weighted by Crippen LogP contribution is -2.22. The van der Waals surface area contributed by atoms with Gasteiger partial charge in [0.1, 0.15) is 0 Å². The fourth-order valence-electron chi connectivity index (χ4n) is 1.49. The van der Waals surface area contributed by atoms with Crippen molar-refractivity contribution in [3.63, 3.8) is 0 Å². The Morgan fingerprint density at radius 3 is 2.78 bits per heavy atom. The van der Waals surface area contributed by atoms with Crippen LogP contribution in [0.5, 0.6) is 0 Å². The first-order chi connectivity index (χ1) is 8.56. The van der Waals surface area contributed by atoms with Gasteiger partial charge < -0.3 is 10.2 Å². The Morgan fingerprint density at radius 1 is 1.44 bits per heavy atom. The van der Waals surface area contributed by atoms with Crippen LogP contribution >= 0.6 is 23.4 Å². The number of hydrogen-bond donors (Lipinski definition) is 1. The minimum atomic E-state index is -0.0761. The van der Waals surface area contributed by atoms with Crippen molar-refractivity contribution in [2.75, 3.05) is 38.0 Å². The summed E-state index contributed by atoms with van der Waals surface area (Å²) in [6, 6.07) is 5.47. The van der Waals surface area contributed by atoms with Crippen molar-refractivity contribution < 1.29 is 4.79 Å². The maximum atomic E-state index is 11.9. The number of nitrogens with zero attached hydrogens (tertiary/aromatic N) is 1. The smallest absolute Gasteiger partial charge is 0.254 e. The summed E-state index contributed by atoms with van der Waals surface area (Å²) in [4.78, 5) is 13.4. The van der Waals surface area contributed by atoms with E-state index in [4.69, 9.17) is 11.6 Å². The first-order valence-electron chi connectivity index (χ1n) is 5.80. The maximum Gasteiger partial charge on any atom is 0.254 e. The largest absolute Gasteiger partial charge is 0.385 e. The van der Waals surface area contributed by atoms with Gasteiger partial charge in [0.2, 0.25) is 0 Å². The van der Waals surface area contributed by atoms with Crippen molar-refractivity contribution >= 4 is 35.0 Å². The number of benzene rings is 1. The lowest BCUT2D eigenvalue weighted by atomic mass is 10.1. The van der Waals surface area contributed by atoms with Gasteiger partial charge in [0.25, 0.3) is 5.91 Å². The summed E-state index contributed by atoms with van der Waals surface area (Å²) in [6.45, 7) is 0.901. The van der Waals surface area contributed by atoms with Crippen LogP contribution in [0.25, 0.3) is 0 Å². The molecule has 1 rings (SSSR count). The van der Waals surface area contributed by atoms with Gasteiger partial charge in [0, 0.05) is 26.3 Å². The minimum Gasteiger partial charge on any atom is -0.385 e. The summed E-state index contributed by atoms with van der Waals surface area (Å²) >= 11 is 7.87. The van der Waals surface area contributed by atoms with E-state index in [0.717, 1.165) is 24.4 Å². The zero-order valence-corrected chi connectivity index (χ0v) is 12.6. The molecule has 0 fully saturated rings. The molecule has 100 valence electrons. The van der Waals surface area contributed by atoms with Crippen LogP contribution in [0, 0.1) is 0 Å². The summed E-state index contributed by atoms with van der Waals surface area (Å²) in [6.07, 6.45) is 3.19. The number of carbonyl (C=O) groups is 1. The van der Waals surface area contributed by atoms with Crippen LogP contribution in [0.2, 0.25) is 5.02 Å². The number of halogens is 1. The van der Waals surface area contributed by atoms with Crippen molar-refractivity contribution in [1.29, 1.82) is 0 Å². The van der Waals surface area contributed by atoms with E-state index >= 15 is 0 Å². The van der Waals surface area contributed by atoms with Gasteiger partial charge in [-0.05, 0) is 36.6 Å². The second kappa shape index (κ2) is 7.54. The summed E-state index contributed by atoms with van der Waals surface area (Å²) in [5.41, 5.74) is 1.47. The maximum absolute atomic E-state index is 11.9. The molecule has 0 saturated carbocycles. The Bertz CT molecular complexity index is 410. The molecule has 0 aliphatic rings. The normalized spacial score (nSPS) is 10.2. The number of nitrogens with one attached hydrogen (secondary N) is 1. The van der Waals surface area contributed by atoms with Gasteiger partial charge in [-0.15, -0.1) is 0 Å². The molecule has 0 radical (unpaired) electrons. The Morgan fingerprint density at radius 2 is 2.17 bits per heavy atom. The molecule has 1 N–H and O–H groups in total. The highest BCUT2D eigenvalue weighted by Gasteiger charge is 2.12. The second-order valence-electron chi connectivity index (χ2n) is 4.17. The molecule has 0 aliphatic carbocycles. The minimum absolute atomic E-state index is 0.0761. The molecule has 0 atom stereocenters. The van der Waals surface area contributed by atoms with Crippen LogP contribution in [0.4, 0.5) is 5.69 Å². The zero-order chi connectivity index (χ0) is 13.5. The molecule has 0 spiro atoms. The first kappa shape index (κ1) is 15.2. The van der Waals surface area contributed by atoms with Crippen LogP contribution < -0.4 is 5.32 Å². The Kier molecular flexibility index (Phi) is 6.36. The van der Waals surface area contributed by atoms with E-state index in [-0.39, 0.29) is 5.91 Å². The number of rotatable bonds is 6. The topological polar surface area (TPSA) is 32.3 Å². The van der Waals surface area contributed by atoms with Crippen molar-refractivity contribution in [2.45, 2.75) is 6.42 Å². The van der Waals surface area contributed by atoms with E-state index in [1.54, 1.807) is 20.2 Å². The van der Waals surface area contributed by atoms with Gasteiger partial charge in [0.05, 0.1) is 10.6 Å². The summed E-state index contributed by atoms with van der Waals surface area (Å²) in [5.74, 6) is 1.05. The molecule has 0 aromatic heterocycles. The molecule has 18 heavy (non-hydrogen) atoms. The molecule has 1 aromatic rings. The predicted octanol–water partition coefficient (Wildman–Crippen LogP) is 3.21. The van der Waals surface area contributed by atoms with Gasteiger partial charge >= 0.3 is 0 Å². The highest BCUT2D eigenvalue weighted by molar-refractivity contribution is 7.98. The standard InChI is InChI=1S/C13H19ClN2OS/c1-16(2)13(17)11-9-10(5-6-12(11)14)15-7-4-8-18-3/h5-6,9,15H,4,7-8H2,1-3H3. The summed E-state index contributed by atoms with van der Waals surface area (Å²) in [7, 11) is 3.44. The highest BCUT2D eigenvalue weighted by Crippen LogP contribution is 2.21. The molecule has 0 heterocycles. The van der Waals surface area contributed by atoms with E-state index in [1.165, 1.54) is 4.90 Å². The fraction of sp³-hybridized carbons (Fsp3) is 0.462. The highest BCUT2D eigenvalue weighted by atomic mass is 35.5. The Hall–Kier alpha value is -0.870. The number of hydrogen-bond acceptors (Lipinski definition) is 3. The van der Waals surface area contributed by atoms with Crippen LogP contribution in [0.15, 0.2) is 18.2 Å². The van der Waals surface area contributed by atoms with E-state index in [0.29, 0.717) is 10.6 Å². The van der Waals surface area contributed by atoms with Crippen LogP contribution in [-0.4, -0.2) is 43.5 Å². The SMILES string of the molecule is CSCCCNc1ccc(Cl)c(C(=O)N(C)C)c1. The molecule has 0 unspecified atom stereocenters. The molecule has 0 bridgehead atoms. The van der Waals surface area contributed by atoms with E-state index in [1.807, 2.05) is 23.9 Å². The van der Waals surface area contributed by atoms with Crippen molar-refractivity contribution in [1.82, 2.24) is 4.90 Å². The molecule has 0 aliphatic heterocycles. The monoisotopic (exact) mass is 286 g/mol. The van der Waals surface area contributed by atoms with Crippen molar-refractivity contribution in [3.05, 3.63) is 28.8 Å². The molecular weight excluding hydrogens is 268 g/mol. The van der Waals surface area contributed by atoms with Crippen LogP contribution in [-0.2, 0) is 0 Å². The van der Waals surface area contributed by atoms with Crippen LogP contribution in [0.1, 0.15) is 16.8 Å². The predicted molar refractivity (Wildman–Crippen MR) is 81.0 cm³/mol. The summed E-state index contributed by atoms with van der Waals surface area (Å²) in [5, 5.41) is 3.79. The van der Waals surface area contributed by atoms with E-state index in [2.05, 4.69) is 11.6 Å². The average molecular weight is 287 g/mol. The second-order valence-corrected chi connectivity index (χ2v) is 5.56. The van der Waals surface area contributed by atoms with Crippen LogP contribution in [0.3, 0.4) is 0 Å². The van der Waals surface area contributed by atoms with E-state index in [9.17, 15) is 4.79 Å².